The van der Waals surface area contributed by atoms with Gasteiger partial charge in [-0.2, -0.15) is 0 Å². The summed E-state index contributed by atoms with van der Waals surface area (Å²) in [4.78, 5) is 0. The molecule has 0 unspecified atom stereocenters. The molecule has 1 N–H and O–H groups in total. The van der Waals surface area contributed by atoms with E-state index in [2.05, 4.69) is 48.6 Å². The lowest BCUT2D eigenvalue weighted by Gasteiger charge is -2.30. The molecule has 2 aromatic carbocycles. The Morgan fingerprint density at radius 1 is 1.05 bits per heavy atom. The molecule has 3 nitrogen and oxygen atoms in total. The van der Waals surface area contributed by atoms with E-state index < -0.39 is 0 Å². The number of rotatable bonds is 2. The van der Waals surface area contributed by atoms with Crippen LogP contribution < -0.4 is 14.8 Å². The molecule has 1 atom stereocenters. The van der Waals surface area contributed by atoms with E-state index in [1.807, 2.05) is 0 Å². The molecule has 0 amide bonds. The monoisotopic (exact) mass is 295 g/mol. The van der Waals surface area contributed by atoms with Gasteiger partial charge in [-0.3, -0.25) is 0 Å². The van der Waals surface area contributed by atoms with Crippen LogP contribution in [0.25, 0.3) is 0 Å². The van der Waals surface area contributed by atoms with E-state index >= 15 is 0 Å². The van der Waals surface area contributed by atoms with Crippen molar-refractivity contribution in [1.82, 2.24) is 5.32 Å². The molecule has 0 radical (unpaired) electrons. The van der Waals surface area contributed by atoms with Crippen molar-refractivity contribution < 1.29 is 9.47 Å². The van der Waals surface area contributed by atoms with E-state index in [4.69, 9.17) is 9.47 Å². The van der Waals surface area contributed by atoms with Crippen molar-refractivity contribution in [1.29, 1.82) is 0 Å². The molecule has 0 fully saturated rings. The van der Waals surface area contributed by atoms with Crippen LogP contribution in [0.3, 0.4) is 0 Å². The number of nitrogens with one attached hydrogen (secondary N) is 1. The number of ether oxygens (including phenoxy) is 2. The van der Waals surface area contributed by atoms with Gasteiger partial charge in [0.2, 0.25) is 0 Å². The van der Waals surface area contributed by atoms with E-state index in [9.17, 15) is 0 Å². The third-order valence-corrected chi connectivity index (χ3v) is 4.58. The van der Waals surface area contributed by atoms with Gasteiger partial charge in [0.25, 0.3) is 0 Å². The van der Waals surface area contributed by atoms with Gasteiger partial charge in [-0.25, -0.2) is 0 Å². The predicted octanol–water partition coefficient (Wildman–Crippen LogP) is 3.26. The van der Waals surface area contributed by atoms with Crippen molar-refractivity contribution in [2.45, 2.75) is 25.8 Å². The van der Waals surface area contributed by atoms with Crippen LogP contribution in [-0.2, 0) is 12.8 Å². The molecule has 0 aromatic heterocycles. The van der Waals surface area contributed by atoms with Gasteiger partial charge in [-0.1, -0.05) is 31.2 Å². The lowest BCUT2D eigenvalue weighted by atomic mass is 9.89. The van der Waals surface area contributed by atoms with Crippen LogP contribution in [0, 0.1) is 0 Å². The zero-order valence-corrected chi connectivity index (χ0v) is 12.9. The molecule has 2 aliphatic heterocycles. The zero-order chi connectivity index (χ0) is 14.9. The average Bonchev–Trinajstić information content (AvgIpc) is 2.59. The third kappa shape index (κ3) is 2.35. The molecular weight excluding hydrogens is 274 g/mol. The lowest BCUT2D eigenvalue weighted by Crippen LogP contribution is -2.31. The molecule has 0 saturated heterocycles. The molecule has 0 spiro atoms. The fourth-order valence-corrected chi connectivity index (χ4v) is 3.34. The Morgan fingerprint density at radius 2 is 1.77 bits per heavy atom. The first-order valence-corrected chi connectivity index (χ1v) is 8.10. The molecule has 0 saturated carbocycles. The van der Waals surface area contributed by atoms with Gasteiger partial charge in [-0.05, 0) is 47.2 Å². The number of aryl methyl sites for hydroxylation is 1. The van der Waals surface area contributed by atoms with Crippen molar-refractivity contribution in [3.05, 3.63) is 58.7 Å². The number of benzene rings is 2. The number of hydrogen-bond acceptors (Lipinski definition) is 3. The van der Waals surface area contributed by atoms with E-state index in [0.717, 1.165) is 30.9 Å². The van der Waals surface area contributed by atoms with Crippen LogP contribution in [0.2, 0.25) is 0 Å². The van der Waals surface area contributed by atoms with Crippen molar-refractivity contribution in [2.24, 2.45) is 0 Å². The van der Waals surface area contributed by atoms with Gasteiger partial charge < -0.3 is 14.8 Å². The SMILES string of the molecule is CCc1ccc([C@@H]2NCCc3cc4c(cc32)OCCO4)cc1. The first kappa shape index (κ1) is 13.6. The third-order valence-electron chi connectivity index (χ3n) is 4.58. The smallest absolute Gasteiger partial charge is 0.161 e. The maximum Gasteiger partial charge on any atom is 0.161 e. The first-order valence-electron chi connectivity index (χ1n) is 8.10. The Kier molecular flexibility index (Phi) is 3.51. The van der Waals surface area contributed by atoms with Crippen LogP contribution in [0.15, 0.2) is 36.4 Å². The van der Waals surface area contributed by atoms with Gasteiger partial charge in [0.1, 0.15) is 13.2 Å². The first-order chi connectivity index (χ1) is 10.8. The van der Waals surface area contributed by atoms with E-state index in [0.29, 0.717) is 13.2 Å². The van der Waals surface area contributed by atoms with Crippen molar-refractivity contribution in [2.75, 3.05) is 19.8 Å². The van der Waals surface area contributed by atoms with Crippen molar-refractivity contribution in [3.8, 4) is 11.5 Å². The Labute approximate surface area is 131 Å². The highest BCUT2D eigenvalue weighted by molar-refractivity contribution is 5.52. The maximum atomic E-state index is 5.76. The molecular formula is C19H21NO2. The summed E-state index contributed by atoms with van der Waals surface area (Å²) in [5, 5.41) is 3.64. The summed E-state index contributed by atoms with van der Waals surface area (Å²) in [7, 11) is 0. The van der Waals surface area contributed by atoms with E-state index in [1.54, 1.807) is 0 Å². The van der Waals surface area contributed by atoms with Crippen LogP contribution in [0.5, 0.6) is 11.5 Å². The van der Waals surface area contributed by atoms with E-state index in [-0.39, 0.29) is 6.04 Å². The highest BCUT2D eigenvalue weighted by Gasteiger charge is 2.25. The van der Waals surface area contributed by atoms with Crippen molar-refractivity contribution >= 4 is 0 Å². The maximum absolute atomic E-state index is 5.76. The minimum atomic E-state index is 0.241. The second kappa shape index (κ2) is 5.65. The Morgan fingerprint density at radius 3 is 2.50 bits per heavy atom. The van der Waals surface area contributed by atoms with E-state index in [1.165, 1.54) is 22.3 Å². The highest BCUT2D eigenvalue weighted by atomic mass is 16.6. The normalized spacial score (nSPS) is 19.6. The van der Waals surface area contributed by atoms with Gasteiger partial charge >= 0.3 is 0 Å². The molecule has 2 aromatic rings. The molecule has 0 bridgehead atoms. The van der Waals surface area contributed by atoms with Gasteiger partial charge in [0.15, 0.2) is 11.5 Å². The minimum Gasteiger partial charge on any atom is -0.486 e. The molecule has 22 heavy (non-hydrogen) atoms. The summed E-state index contributed by atoms with van der Waals surface area (Å²) in [5.74, 6) is 1.77. The largest absolute Gasteiger partial charge is 0.486 e. The fourth-order valence-electron chi connectivity index (χ4n) is 3.34. The quantitative estimate of drug-likeness (QED) is 0.922. The summed E-state index contributed by atoms with van der Waals surface area (Å²) < 4.78 is 11.5. The topological polar surface area (TPSA) is 30.5 Å². The molecule has 0 aliphatic carbocycles. The molecule has 2 heterocycles. The van der Waals surface area contributed by atoms with Crippen LogP contribution >= 0.6 is 0 Å². The Bertz CT molecular complexity index is 679. The summed E-state index contributed by atoms with van der Waals surface area (Å²) in [6.07, 6.45) is 2.11. The lowest BCUT2D eigenvalue weighted by molar-refractivity contribution is 0.171. The van der Waals surface area contributed by atoms with Gasteiger partial charge in [0.05, 0.1) is 6.04 Å². The van der Waals surface area contributed by atoms with Crippen LogP contribution in [0.4, 0.5) is 0 Å². The molecule has 3 heteroatoms. The standard InChI is InChI=1S/C19H21NO2/c1-2-13-3-5-14(6-4-13)19-16-12-18-17(21-9-10-22-18)11-15(16)7-8-20-19/h3-6,11-12,19-20H,2,7-10H2,1H3/t19-/m0/s1. The second-order valence-corrected chi connectivity index (χ2v) is 5.93. The summed E-state index contributed by atoms with van der Waals surface area (Å²) in [6, 6.07) is 13.5. The van der Waals surface area contributed by atoms with Gasteiger partial charge in [0, 0.05) is 6.54 Å². The van der Waals surface area contributed by atoms with Crippen LogP contribution in [0.1, 0.15) is 35.2 Å². The number of fused-ring (bicyclic) bond motifs is 2. The van der Waals surface area contributed by atoms with Crippen molar-refractivity contribution in [3.63, 3.8) is 0 Å². The number of hydrogen-bond donors (Lipinski definition) is 1. The minimum absolute atomic E-state index is 0.241. The molecule has 2 aliphatic rings. The fraction of sp³-hybridized carbons (Fsp3) is 0.368. The van der Waals surface area contributed by atoms with Crippen LogP contribution in [-0.4, -0.2) is 19.8 Å². The summed E-state index contributed by atoms with van der Waals surface area (Å²) in [5.41, 5.74) is 5.38. The molecule has 114 valence electrons. The summed E-state index contributed by atoms with van der Waals surface area (Å²) >= 11 is 0. The highest BCUT2D eigenvalue weighted by Crippen LogP contribution is 2.38. The predicted molar refractivity (Wildman–Crippen MR) is 86.8 cm³/mol. The van der Waals surface area contributed by atoms with Gasteiger partial charge in [-0.15, -0.1) is 0 Å². The molecule has 4 rings (SSSR count). The Hall–Kier alpha value is -2.00. The average molecular weight is 295 g/mol. The zero-order valence-electron chi connectivity index (χ0n) is 12.9. The summed E-state index contributed by atoms with van der Waals surface area (Å²) in [6.45, 7) is 4.46. The Balaban J connectivity index is 1.74. The second-order valence-electron chi connectivity index (χ2n) is 5.93.